The van der Waals surface area contributed by atoms with Crippen molar-refractivity contribution < 1.29 is 9.90 Å². The average molecular weight is 318 g/mol. The van der Waals surface area contributed by atoms with Crippen LogP contribution in [0.1, 0.15) is 36.0 Å². The smallest absolute Gasteiger partial charge is 0.320 e. The highest BCUT2D eigenvalue weighted by Gasteiger charge is 2.15. The van der Waals surface area contributed by atoms with Crippen LogP contribution in [-0.4, -0.2) is 22.1 Å². The lowest BCUT2D eigenvalue weighted by Crippen LogP contribution is -2.36. The number of carbonyl (C=O) groups is 1. The Labute approximate surface area is 135 Å². The van der Waals surface area contributed by atoms with Gasteiger partial charge in [0.1, 0.15) is 6.04 Å². The van der Waals surface area contributed by atoms with E-state index >= 15 is 0 Å². The third-order valence-corrected chi connectivity index (χ3v) is 4.43. The van der Waals surface area contributed by atoms with E-state index in [1.165, 1.54) is 5.56 Å². The van der Waals surface area contributed by atoms with Crippen LogP contribution in [0.3, 0.4) is 0 Å². The van der Waals surface area contributed by atoms with E-state index in [9.17, 15) is 4.79 Å². The number of hydrogen-bond acceptors (Lipinski definition) is 4. The molecular weight excluding hydrogens is 296 g/mol. The molecule has 0 spiro atoms. The Morgan fingerprint density at radius 2 is 2.09 bits per heavy atom. The summed E-state index contributed by atoms with van der Waals surface area (Å²) in [5, 5.41) is 15.3. The van der Waals surface area contributed by atoms with Crippen molar-refractivity contribution in [2.75, 3.05) is 0 Å². The molecule has 0 aliphatic rings. The van der Waals surface area contributed by atoms with Gasteiger partial charge in [-0.05, 0) is 18.4 Å². The molecular formula is C17H22N2O2S. The average Bonchev–Trinajstić information content (AvgIpc) is 2.98. The minimum absolute atomic E-state index is 0.487. The highest BCUT2D eigenvalue weighted by Crippen LogP contribution is 2.13. The molecule has 5 heteroatoms. The van der Waals surface area contributed by atoms with Gasteiger partial charge >= 0.3 is 5.97 Å². The number of aryl methyl sites for hydroxylation is 2. The summed E-state index contributed by atoms with van der Waals surface area (Å²) >= 11 is 1.64. The molecule has 0 radical (unpaired) electrons. The van der Waals surface area contributed by atoms with Gasteiger partial charge in [-0.3, -0.25) is 10.1 Å². The summed E-state index contributed by atoms with van der Waals surface area (Å²) < 4.78 is 0. The van der Waals surface area contributed by atoms with E-state index < -0.39 is 12.0 Å². The monoisotopic (exact) mass is 318 g/mol. The van der Waals surface area contributed by atoms with Gasteiger partial charge in [0.15, 0.2) is 0 Å². The molecule has 1 heterocycles. The van der Waals surface area contributed by atoms with Gasteiger partial charge in [0.2, 0.25) is 0 Å². The van der Waals surface area contributed by atoms with Crippen molar-refractivity contribution in [2.24, 2.45) is 0 Å². The number of carboxylic acid groups (broad SMARTS) is 1. The maximum absolute atomic E-state index is 11.1. The second-order valence-electron chi connectivity index (χ2n) is 5.28. The summed E-state index contributed by atoms with van der Waals surface area (Å²) in [5.74, 6) is -0.790. The van der Waals surface area contributed by atoms with Crippen LogP contribution in [-0.2, 0) is 24.2 Å². The second-order valence-corrected chi connectivity index (χ2v) is 6.22. The molecule has 1 unspecified atom stereocenters. The van der Waals surface area contributed by atoms with Gasteiger partial charge in [0, 0.05) is 18.3 Å². The standard InChI is InChI=1S/C17H22N2O2S/c1-2-6-15(17(20)21)18-11-14-12-22-16(19-14)10-9-13-7-4-3-5-8-13/h3-5,7-8,12,15,18H,2,6,9-11H2,1H3,(H,20,21). The maximum Gasteiger partial charge on any atom is 0.320 e. The third-order valence-electron chi connectivity index (χ3n) is 3.47. The lowest BCUT2D eigenvalue weighted by molar-refractivity contribution is -0.139. The van der Waals surface area contributed by atoms with Crippen molar-refractivity contribution in [1.82, 2.24) is 10.3 Å². The molecule has 0 aliphatic heterocycles. The van der Waals surface area contributed by atoms with Gasteiger partial charge in [-0.2, -0.15) is 0 Å². The lowest BCUT2D eigenvalue weighted by Gasteiger charge is -2.11. The van der Waals surface area contributed by atoms with Crippen LogP contribution < -0.4 is 5.32 Å². The minimum atomic E-state index is -0.790. The van der Waals surface area contributed by atoms with Gasteiger partial charge < -0.3 is 5.11 Å². The normalized spacial score (nSPS) is 12.2. The van der Waals surface area contributed by atoms with Crippen LogP contribution in [0.25, 0.3) is 0 Å². The predicted molar refractivity (Wildman–Crippen MR) is 89.1 cm³/mol. The minimum Gasteiger partial charge on any atom is -0.480 e. The first-order valence-corrected chi connectivity index (χ1v) is 8.50. The van der Waals surface area contributed by atoms with Crippen molar-refractivity contribution in [3.63, 3.8) is 0 Å². The third kappa shape index (κ3) is 5.24. The van der Waals surface area contributed by atoms with Gasteiger partial charge in [0.05, 0.1) is 10.7 Å². The molecule has 2 rings (SSSR count). The summed E-state index contributed by atoms with van der Waals surface area (Å²) in [7, 11) is 0. The number of benzene rings is 1. The van der Waals surface area contributed by atoms with Gasteiger partial charge in [-0.25, -0.2) is 4.98 Å². The molecule has 0 bridgehead atoms. The fraction of sp³-hybridized carbons (Fsp3) is 0.412. The van der Waals surface area contributed by atoms with E-state index in [4.69, 9.17) is 5.11 Å². The molecule has 2 N–H and O–H groups in total. The molecule has 1 aromatic heterocycles. The van der Waals surface area contributed by atoms with E-state index in [1.54, 1.807) is 11.3 Å². The number of aromatic nitrogens is 1. The second kappa shape index (κ2) is 8.66. The number of nitrogens with one attached hydrogen (secondary N) is 1. The zero-order chi connectivity index (χ0) is 15.8. The van der Waals surface area contributed by atoms with E-state index in [0.717, 1.165) is 30.0 Å². The SMILES string of the molecule is CCCC(NCc1csc(CCc2ccccc2)n1)C(=O)O. The molecule has 1 aromatic carbocycles. The quantitative estimate of drug-likeness (QED) is 0.745. The summed E-state index contributed by atoms with van der Waals surface area (Å²) in [4.78, 5) is 15.7. The van der Waals surface area contributed by atoms with E-state index in [1.807, 2.05) is 30.5 Å². The number of rotatable bonds is 9. The van der Waals surface area contributed by atoms with Crippen molar-refractivity contribution in [3.05, 3.63) is 52.0 Å². The van der Waals surface area contributed by atoms with Crippen LogP contribution in [0.4, 0.5) is 0 Å². The van der Waals surface area contributed by atoms with Crippen LogP contribution in [0.2, 0.25) is 0 Å². The largest absolute Gasteiger partial charge is 0.480 e. The first kappa shape index (κ1) is 16.6. The topological polar surface area (TPSA) is 62.2 Å². The van der Waals surface area contributed by atoms with Crippen LogP contribution in [0.15, 0.2) is 35.7 Å². The van der Waals surface area contributed by atoms with E-state index in [2.05, 4.69) is 22.4 Å². The lowest BCUT2D eigenvalue weighted by atomic mass is 10.1. The number of carboxylic acids is 1. The summed E-state index contributed by atoms with van der Waals surface area (Å²) in [5.41, 5.74) is 2.24. The van der Waals surface area contributed by atoms with Gasteiger partial charge in [-0.15, -0.1) is 11.3 Å². The van der Waals surface area contributed by atoms with Gasteiger partial charge in [-0.1, -0.05) is 43.7 Å². The molecule has 1 atom stereocenters. The number of hydrogen-bond donors (Lipinski definition) is 2. The molecule has 0 aliphatic carbocycles. The Kier molecular flexibility index (Phi) is 6.55. The molecule has 118 valence electrons. The van der Waals surface area contributed by atoms with Crippen molar-refractivity contribution in [1.29, 1.82) is 0 Å². The zero-order valence-corrected chi connectivity index (χ0v) is 13.6. The van der Waals surface area contributed by atoms with Crippen LogP contribution in [0, 0.1) is 0 Å². The predicted octanol–water partition coefficient (Wildman–Crippen LogP) is 3.27. The summed E-state index contributed by atoms with van der Waals surface area (Å²) in [6.45, 7) is 2.50. The molecule has 0 fully saturated rings. The molecule has 0 amide bonds. The molecule has 0 saturated heterocycles. The van der Waals surface area contributed by atoms with E-state index in [-0.39, 0.29) is 0 Å². The highest BCUT2D eigenvalue weighted by atomic mass is 32.1. The van der Waals surface area contributed by atoms with Crippen molar-refractivity contribution in [2.45, 2.75) is 45.2 Å². The number of nitrogens with zero attached hydrogens (tertiary/aromatic N) is 1. The molecule has 22 heavy (non-hydrogen) atoms. The van der Waals surface area contributed by atoms with Crippen LogP contribution >= 0.6 is 11.3 Å². The Hall–Kier alpha value is -1.72. The zero-order valence-electron chi connectivity index (χ0n) is 12.8. The maximum atomic E-state index is 11.1. The molecule has 2 aromatic rings. The van der Waals surface area contributed by atoms with Crippen molar-refractivity contribution >= 4 is 17.3 Å². The molecule has 4 nitrogen and oxygen atoms in total. The fourth-order valence-corrected chi connectivity index (χ4v) is 3.07. The van der Waals surface area contributed by atoms with Crippen molar-refractivity contribution in [3.8, 4) is 0 Å². The Morgan fingerprint density at radius 3 is 2.77 bits per heavy atom. The number of thiazole rings is 1. The first-order valence-electron chi connectivity index (χ1n) is 7.62. The summed E-state index contributed by atoms with van der Waals surface area (Å²) in [6, 6.07) is 9.88. The highest BCUT2D eigenvalue weighted by molar-refractivity contribution is 7.09. The first-order chi connectivity index (χ1) is 10.7. The van der Waals surface area contributed by atoms with E-state index in [0.29, 0.717) is 13.0 Å². The Morgan fingerprint density at radius 1 is 1.32 bits per heavy atom. The Balaban J connectivity index is 1.82. The summed E-state index contributed by atoms with van der Waals surface area (Å²) in [6.07, 6.45) is 3.39. The van der Waals surface area contributed by atoms with Gasteiger partial charge in [0.25, 0.3) is 0 Å². The molecule has 0 saturated carbocycles. The van der Waals surface area contributed by atoms with Crippen LogP contribution in [0.5, 0.6) is 0 Å². The number of aliphatic carboxylic acids is 1. The Bertz CT molecular complexity index is 583. The fourth-order valence-electron chi connectivity index (χ4n) is 2.27.